The number of amides is 2. The number of phenols is 1. The van der Waals surface area contributed by atoms with Gasteiger partial charge in [0.25, 0.3) is 5.91 Å². The Bertz CT molecular complexity index is 730. The van der Waals surface area contributed by atoms with Gasteiger partial charge in [-0.05, 0) is 36.4 Å². The molecule has 0 radical (unpaired) electrons. The summed E-state index contributed by atoms with van der Waals surface area (Å²) in [7, 11) is 0. The summed E-state index contributed by atoms with van der Waals surface area (Å²) in [4.78, 5) is 25.7. The van der Waals surface area contributed by atoms with Gasteiger partial charge in [-0.15, -0.1) is 0 Å². The smallest absolute Gasteiger partial charge is 0.256 e. The van der Waals surface area contributed by atoms with Crippen molar-refractivity contribution in [2.45, 2.75) is 12.5 Å². The molecule has 1 aliphatic heterocycles. The Morgan fingerprint density at radius 1 is 1.09 bits per heavy atom. The third kappa shape index (κ3) is 2.63. The Kier molecular flexibility index (Phi) is 3.73. The van der Waals surface area contributed by atoms with E-state index in [2.05, 4.69) is 5.32 Å². The van der Waals surface area contributed by atoms with Crippen molar-refractivity contribution in [2.24, 2.45) is 0 Å². The van der Waals surface area contributed by atoms with Crippen molar-refractivity contribution in [2.75, 3.05) is 10.2 Å². The molecule has 0 bridgehead atoms. The molecule has 0 spiro atoms. The van der Waals surface area contributed by atoms with Crippen LogP contribution in [0.5, 0.6) is 5.75 Å². The monoisotopic (exact) mass is 316 g/mol. The molecular formula is C16H13ClN2O3. The fourth-order valence-corrected chi connectivity index (χ4v) is 2.57. The minimum Gasteiger partial charge on any atom is -0.508 e. The number of hydrogen-bond acceptors (Lipinski definition) is 4. The highest BCUT2D eigenvalue weighted by Crippen LogP contribution is 2.28. The Balaban J connectivity index is 1.82. The van der Waals surface area contributed by atoms with E-state index in [1.165, 1.54) is 24.3 Å². The second-order valence-corrected chi connectivity index (χ2v) is 5.37. The number of imide groups is 1. The summed E-state index contributed by atoms with van der Waals surface area (Å²) in [6, 6.07) is 12.3. The van der Waals surface area contributed by atoms with Crippen molar-refractivity contribution < 1.29 is 14.7 Å². The molecule has 1 atom stereocenters. The van der Waals surface area contributed by atoms with Gasteiger partial charge in [-0.25, -0.2) is 4.90 Å². The molecule has 22 heavy (non-hydrogen) atoms. The molecule has 5 nitrogen and oxygen atoms in total. The predicted octanol–water partition coefficient (Wildman–Crippen LogP) is 2.79. The molecule has 1 heterocycles. The van der Waals surface area contributed by atoms with E-state index in [4.69, 9.17) is 11.6 Å². The molecule has 2 N–H and O–H groups in total. The summed E-state index contributed by atoms with van der Waals surface area (Å²) in [6.07, 6.45) is 0.0604. The number of rotatable bonds is 3. The van der Waals surface area contributed by atoms with Gasteiger partial charge in [0, 0.05) is 0 Å². The summed E-state index contributed by atoms with van der Waals surface area (Å²) in [5.74, 6) is -0.551. The predicted molar refractivity (Wildman–Crippen MR) is 84.1 cm³/mol. The van der Waals surface area contributed by atoms with Gasteiger partial charge in [0.2, 0.25) is 5.91 Å². The zero-order valence-corrected chi connectivity index (χ0v) is 12.2. The maximum atomic E-state index is 12.5. The van der Waals surface area contributed by atoms with Crippen LogP contribution in [0.4, 0.5) is 11.4 Å². The van der Waals surface area contributed by atoms with Gasteiger partial charge in [-0.3, -0.25) is 9.59 Å². The molecule has 1 saturated heterocycles. The molecule has 2 amide bonds. The van der Waals surface area contributed by atoms with Crippen molar-refractivity contribution in [1.29, 1.82) is 0 Å². The molecule has 0 aliphatic carbocycles. The molecule has 2 aromatic rings. The molecule has 112 valence electrons. The van der Waals surface area contributed by atoms with Crippen LogP contribution in [0.1, 0.15) is 6.42 Å². The third-order valence-electron chi connectivity index (χ3n) is 3.46. The van der Waals surface area contributed by atoms with E-state index in [1.54, 1.807) is 24.3 Å². The number of anilines is 2. The van der Waals surface area contributed by atoms with Gasteiger partial charge in [-0.2, -0.15) is 0 Å². The highest BCUT2D eigenvalue weighted by Gasteiger charge is 2.39. The number of aromatic hydroxyl groups is 1. The number of carbonyl (C=O) groups excluding carboxylic acids is 2. The van der Waals surface area contributed by atoms with Gasteiger partial charge in [0.15, 0.2) is 0 Å². The van der Waals surface area contributed by atoms with Crippen LogP contribution < -0.4 is 10.2 Å². The third-order valence-corrected chi connectivity index (χ3v) is 3.79. The normalized spacial score (nSPS) is 17.9. The number of para-hydroxylation sites is 1. The number of benzene rings is 2. The van der Waals surface area contributed by atoms with Crippen molar-refractivity contribution in [3.05, 3.63) is 53.6 Å². The first-order valence-corrected chi connectivity index (χ1v) is 7.11. The highest BCUT2D eigenvalue weighted by molar-refractivity contribution is 6.33. The van der Waals surface area contributed by atoms with E-state index >= 15 is 0 Å². The van der Waals surface area contributed by atoms with Crippen LogP contribution in [0.25, 0.3) is 0 Å². The molecular weight excluding hydrogens is 304 g/mol. The second kappa shape index (κ2) is 5.69. The molecule has 1 fully saturated rings. The summed E-state index contributed by atoms with van der Waals surface area (Å²) in [6.45, 7) is 0. The molecule has 1 aliphatic rings. The lowest BCUT2D eigenvalue weighted by molar-refractivity contribution is -0.121. The maximum absolute atomic E-state index is 12.5. The molecule has 2 aromatic carbocycles. The fourth-order valence-electron chi connectivity index (χ4n) is 2.38. The van der Waals surface area contributed by atoms with Crippen molar-refractivity contribution in [3.63, 3.8) is 0 Å². The van der Waals surface area contributed by atoms with Gasteiger partial charge in [0.05, 0.1) is 22.8 Å². The van der Waals surface area contributed by atoms with Crippen molar-refractivity contribution in [1.82, 2.24) is 0 Å². The van der Waals surface area contributed by atoms with Crippen molar-refractivity contribution >= 4 is 34.8 Å². The van der Waals surface area contributed by atoms with Gasteiger partial charge >= 0.3 is 0 Å². The number of nitrogens with zero attached hydrogens (tertiary/aromatic N) is 1. The average molecular weight is 317 g/mol. The molecule has 0 aromatic heterocycles. The Labute approximate surface area is 132 Å². The van der Waals surface area contributed by atoms with Gasteiger partial charge in [-0.1, -0.05) is 23.7 Å². The summed E-state index contributed by atoms with van der Waals surface area (Å²) in [5.41, 5.74) is 1.05. The Morgan fingerprint density at radius 3 is 2.45 bits per heavy atom. The van der Waals surface area contributed by atoms with E-state index in [0.29, 0.717) is 16.4 Å². The van der Waals surface area contributed by atoms with Crippen LogP contribution in [0.2, 0.25) is 5.02 Å². The topological polar surface area (TPSA) is 69.6 Å². The minimum atomic E-state index is -0.652. The minimum absolute atomic E-state index is 0.0604. The number of phenolic OH excluding ortho intramolecular Hbond substituents is 1. The first kappa shape index (κ1) is 14.4. The maximum Gasteiger partial charge on any atom is 0.256 e. The Hall–Kier alpha value is -2.53. The number of nitrogens with one attached hydrogen (secondary N) is 1. The Morgan fingerprint density at radius 2 is 1.77 bits per heavy atom. The lowest BCUT2D eigenvalue weighted by Crippen LogP contribution is -2.34. The lowest BCUT2D eigenvalue weighted by Gasteiger charge is -2.16. The molecule has 0 saturated carbocycles. The van der Waals surface area contributed by atoms with Gasteiger partial charge < -0.3 is 10.4 Å². The largest absolute Gasteiger partial charge is 0.508 e. The van der Waals surface area contributed by atoms with E-state index in [9.17, 15) is 14.7 Å². The quantitative estimate of drug-likeness (QED) is 0.854. The number of hydrogen-bond donors (Lipinski definition) is 2. The number of halogens is 1. The van der Waals surface area contributed by atoms with Crippen LogP contribution in [0.3, 0.4) is 0 Å². The van der Waals surface area contributed by atoms with Crippen molar-refractivity contribution in [3.8, 4) is 5.75 Å². The molecule has 3 rings (SSSR count). The fraction of sp³-hybridized carbons (Fsp3) is 0.125. The second-order valence-electron chi connectivity index (χ2n) is 4.96. The van der Waals surface area contributed by atoms with Crippen LogP contribution in [0.15, 0.2) is 48.5 Å². The van der Waals surface area contributed by atoms with Crippen LogP contribution in [0, 0.1) is 0 Å². The van der Waals surface area contributed by atoms with Crippen LogP contribution >= 0.6 is 11.6 Å². The first-order valence-electron chi connectivity index (χ1n) is 6.73. The lowest BCUT2D eigenvalue weighted by atomic mass is 10.2. The summed E-state index contributed by atoms with van der Waals surface area (Å²) in [5, 5.41) is 12.8. The van der Waals surface area contributed by atoms with E-state index in [1.807, 2.05) is 0 Å². The van der Waals surface area contributed by atoms with E-state index in [-0.39, 0.29) is 24.0 Å². The SMILES string of the molecule is O=C1CC(Nc2ccccc2Cl)C(=O)N1c1ccc(O)cc1. The average Bonchev–Trinajstić information content (AvgIpc) is 2.77. The zero-order valence-electron chi connectivity index (χ0n) is 11.5. The number of carbonyl (C=O) groups is 2. The molecule has 1 unspecified atom stereocenters. The van der Waals surface area contributed by atoms with Crippen LogP contribution in [-0.4, -0.2) is 23.0 Å². The summed E-state index contributed by atoms with van der Waals surface area (Å²) < 4.78 is 0. The zero-order chi connectivity index (χ0) is 15.7. The van der Waals surface area contributed by atoms with Gasteiger partial charge in [0.1, 0.15) is 11.8 Å². The standard InChI is InChI=1S/C16H13ClN2O3/c17-12-3-1-2-4-13(12)18-14-9-15(21)19(16(14)22)10-5-7-11(20)8-6-10/h1-8,14,18,20H,9H2. The van der Waals surface area contributed by atoms with E-state index < -0.39 is 6.04 Å². The van der Waals surface area contributed by atoms with E-state index in [0.717, 1.165) is 4.90 Å². The molecule has 6 heteroatoms. The first-order chi connectivity index (χ1) is 10.6. The summed E-state index contributed by atoms with van der Waals surface area (Å²) >= 11 is 6.06. The highest BCUT2D eigenvalue weighted by atomic mass is 35.5. The van der Waals surface area contributed by atoms with Crippen LogP contribution in [-0.2, 0) is 9.59 Å².